The Morgan fingerprint density at radius 3 is 0.769 bits per heavy atom. The molecule has 0 atom stereocenters. The molecule has 0 unspecified atom stereocenters. The van der Waals surface area contributed by atoms with Gasteiger partial charge in [-0.3, -0.25) is 28.8 Å². The van der Waals surface area contributed by atoms with Gasteiger partial charge in [0.05, 0.1) is 0 Å². The number of hydrogen-bond donors (Lipinski definition) is 0. The molecule has 4 rings (SSSR count). The third-order valence-corrected chi connectivity index (χ3v) is 6.24. The van der Waals surface area contributed by atoms with Crippen molar-refractivity contribution < 1.29 is 47.7 Å². The lowest BCUT2D eigenvalue weighted by atomic mass is 10.1. The predicted molar refractivity (Wildman–Crippen MR) is 197 cm³/mol. The van der Waals surface area contributed by atoms with Gasteiger partial charge in [-0.2, -0.15) is 0 Å². The molecule has 0 aliphatic rings. The minimum atomic E-state index is -0.402. The van der Waals surface area contributed by atoms with Crippen molar-refractivity contribution in [1.82, 2.24) is 0 Å². The van der Waals surface area contributed by atoms with E-state index in [1.807, 2.05) is 0 Å². The van der Waals surface area contributed by atoms with Crippen LogP contribution in [0.15, 0.2) is 121 Å². The Bertz CT molecular complexity index is 1760. The Morgan fingerprint density at radius 1 is 0.365 bits per heavy atom. The quantitative estimate of drug-likeness (QED) is 0.0822. The third kappa shape index (κ3) is 16.0. The second kappa shape index (κ2) is 20.5. The van der Waals surface area contributed by atoms with E-state index in [1.54, 1.807) is 121 Å². The minimum Gasteiger partial charge on any atom is -0.427 e. The molecule has 52 heavy (non-hydrogen) atoms. The lowest BCUT2D eigenvalue weighted by Crippen LogP contribution is -2.01. The zero-order chi connectivity index (χ0) is 37.9. The highest BCUT2D eigenvalue weighted by Gasteiger charge is 2.02. The summed E-state index contributed by atoms with van der Waals surface area (Å²) >= 11 is 0. The highest BCUT2D eigenvalue weighted by Crippen LogP contribution is 2.18. The van der Waals surface area contributed by atoms with Gasteiger partial charge >= 0.3 is 23.9 Å². The molecule has 0 radical (unpaired) electrons. The first kappa shape index (κ1) is 39.5. The van der Waals surface area contributed by atoms with Crippen LogP contribution in [-0.2, 0) is 28.8 Å². The van der Waals surface area contributed by atoms with E-state index in [0.717, 1.165) is 22.3 Å². The molecule has 0 spiro atoms. The van der Waals surface area contributed by atoms with Crippen molar-refractivity contribution >= 4 is 59.7 Å². The Morgan fingerprint density at radius 2 is 0.577 bits per heavy atom. The third-order valence-electron chi connectivity index (χ3n) is 6.24. The smallest absolute Gasteiger partial charge is 0.308 e. The van der Waals surface area contributed by atoms with Crippen LogP contribution in [0.2, 0.25) is 0 Å². The van der Waals surface area contributed by atoms with Crippen LogP contribution in [-0.4, -0.2) is 35.4 Å². The van der Waals surface area contributed by atoms with Gasteiger partial charge in [0.25, 0.3) is 0 Å². The van der Waals surface area contributed by atoms with E-state index in [9.17, 15) is 28.8 Å². The first-order chi connectivity index (χ1) is 24.8. The summed E-state index contributed by atoms with van der Waals surface area (Å²) in [6.07, 6.45) is 12.2. The molecule has 0 saturated carbocycles. The highest BCUT2D eigenvalue weighted by molar-refractivity contribution is 6.05. The molecule has 0 fully saturated rings. The van der Waals surface area contributed by atoms with Gasteiger partial charge in [-0.05, 0) is 95.1 Å². The second-order valence-electron chi connectivity index (χ2n) is 10.8. The molecule has 0 amide bonds. The molecule has 10 nitrogen and oxygen atoms in total. The van der Waals surface area contributed by atoms with Crippen LogP contribution in [0, 0.1) is 0 Å². The van der Waals surface area contributed by atoms with E-state index < -0.39 is 23.9 Å². The summed E-state index contributed by atoms with van der Waals surface area (Å²) in [5.74, 6) is -0.337. The van der Waals surface area contributed by atoms with Crippen molar-refractivity contribution in [3.05, 3.63) is 144 Å². The molecular formula is C42H36O10. The van der Waals surface area contributed by atoms with Gasteiger partial charge in [0.1, 0.15) is 23.0 Å². The van der Waals surface area contributed by atoms with Gasteiger partial charge in [-0.15, -0.1) is 0 Å². The molecule has 0 saturated heterocycles. The van der Waals surface area contributed by atoms with Crippen LogP contribution in [0.25, 0.3) is 24.3 Å². The standard InChI is InChI=1S/2C21H18O5/c2*1-15(22)25-20-7-3-5-17(13-20)9-11-19(24)12-10-18-6-4-8-21(14-18)26-16(2)23/h2*3-14H,1-2H3/b2*11-9-,12-10+. The van der Waals surface area contributed by atoms with Crippen LogP contribution in [0.4, 0.5) is 0 Å². The number of ether oxygens (including phenoxy) is 4. The van der Waals surface area contributed by atoms with Crippen LogP contribution >= 0.6 is 0 Å². The van der Waals surface area contributed by atoms with Crippen molar-refractivity contribution in [1.29, 1.82) is 0 Å². The lowest BCUT2D eigenvalue weighted by Gasteiger charge is -2.01. The number of rotatable bonds is 12. The van der Waals surface area contributed by atoms with E-state index in [4.69, 9.17) is 18.9 Å². The van der Waals surface area contributed by atoms with Crippen LogP contribution in [0.3, 0.4) is 0 Å². The van der Waals surface area contributed by atoms with E-state index >= 15 is 0 Å². The summed E-state index contributed by atoms with van der Waals surface area (Å²) in [7, 11) is 0. The highest BCUT2D eigenvalue weighted by atomic mass is 16.5. The Kier molecular flexibility index (Phi) is 15.6. The normalized spacial score (nSPS) is 10.8. The largest absolute Gasteiger partial charge is 0.427 e. The first-order valence-corrected chi connectivity index (χ1v) is 15.8. The average molecular weight is 701 g/mol. The van der Waals surface area contributed by atoms with Gasteiger partial charge < -0.3 is 18.9 Å². The van der Waals surface area contributed by atoms with Crippen molar-refractivity contribution in [2.75, 3.05) is 0 Å². The Balaban J connectivity index is 0.000000280. The lowest BCUT2D eigenvalue weighted by molar-refractivity contribution is -0.132. The van der Waals surface area contributed by atoms with Crippen molar-refractivity contribution in [2.45, 2.75) is 27.7 Å². The Hall–Kier alpha value is -6.94. The molecule has 0 aliphatic carbocycles. The number of ketones is 2. The Labute approximate surface area is 301 Å². The first-order valence-electron chi connectivity index (χ1n) is 15.8. The molecule has 0 bridgehead atoms. The maximum absolute atomic E-state index is 12.0. The number of carbonyl (C=O) groups is 6. The second-order valence-corrected chi connectivity index (χ2v) is 10.8. The molecule has 10 heteroatoms. The van der Waals surface area contributed by atoms with E-state index in [2.05, 4.69) is 0 Å². The van der Waals surface area contributed by atoms with E-state index in [0.29, 0.717) is 23.0 Å². The molecule has 0 aromatic heterocycles. The monoisotopic (exact) mass is 700 g/mol. The number of allylic oxidation sites excluding steroid dienone is 4. The zero-order valence-corrected chi connectivity index (χ0v) is 28.9. The number of benzene rings is 4. The van der Waals surface area contributed by atoms with E-state index in [-0.39, 0.29) is 11.6 Å². The van der Waals surface area contributed by atoms with Crippen molar-refractivity contribution in [3.8, 4) is 23.0 Å². The van der Waals surface area contributed by atoms with E-state index in [1.165, 1.54) is 52.0 Å². The van der Waals surface area contributed by atoms with Crippen LogP contribution < -0.4 is 18.9 Å². The maximum atomic E-state index is 12.0. The number of esters is 4. The van der Waals surface area contributed by atoms with Crippen LogP contribution in [0.5, 0.6) is 23.0 Å². The number of hydrogen-bond acceptors (Lipinski definition) is 10. The fourth-order valence-corrected chi connectivity index (χ4v) is 4.22. The predicted octanol–water partition coefficient (Wildman–Crippen LogP) is 7.67. The number of carbonyl (C=O) groups excluding carboxylic acids is 6. The van der Waals surface area contributed by atoms with Gasteiger partial charge in [0.2, 0.25) is 0 Å². The summed E-state index contributed by atoms with van der Waals surface area (Å²) in [6.45, 7) is 5.31. The van der Waals surface area contributed by atoms with Crippen LogP contribution in [0.1, 0.15) is 49.9 Å². The summed E-state index contributed by atoms with van der Waals surface area (Å²) in [5, 5.41) is 0. The van der Waals surface area contributed by atoms with Gasteiger partial charge in [0.15, 0.2) is 11.6 Å². The molecule has 264 valence electrons. The topological polar surface area (TPSA) is 139 Å². The summed E-state index contributed by atoms with van der Waals surface area (Å²) in [5.41, 5.74) is 2.95. The average Bonchev–Trinajstić information content (AvgIpc) is 3.08. The molecule has 0 N–H and O–H groups in total. The molecule has 0 aliphatic heterocycles. The minimum absolute atomic E-state index is 0.208. The zero-order valence-electron chi connectivity index (χ0n) is 28.9. The summed E-state index contributed by atoms with van der Waals surface area (Å²) in [6, 6.07) is 27.4. The van der Waals surface area contributed by atoms with Crippen molar-refractivity contribution in [3.63, 3.8) is 0 Å². The van der Waals surface area contributed by atoms with Gasteiger partial charge in [0, 0.05) is 27.7 Å². The fraction of sp³-hybridized carbons (Fsp3) is 0.0952. The summed E-state index contributed by atoms with van der Waals surface area (Å²) < 4.78 is 20.0. The maximum Gasteiger partial charge on any atom is 0.308 e. The fourth-order valence-electron chi connectivity index (χ4n) is 4.22. The van der Waals surface area contributed by atoms with Gasteiger partial charge in [-0.25, -0.2) is 0 Å². The molecular weight excluding hydrogens is 664 g/mol. The molecule has 0 heterocycles. The van der Waals surface area contributed by atoms with Gasteiger partial charge in [-0.1, -0.05) is 72.8 Å². The molecule has 4 aromatic rings. The summed E-state index contributed by atoms with van der Waals surface area (Å²) in [4.78, 5) is 67.8. The SMILES string of the molecule is CC(=O)Oc1cccc(/C=C\C(=O)/C=C/c2cccc(OC(C)=O)c2)c1.CC(=O)Oc1cccc(/C=C\C(=O)/C=C/c2cccc(OC(C)=O)c2)c1. The van der Waals surface area contributed by atoms with Crippen molar-refractivity contribution in [2.24, 2.45) is 0 Å². The molecule has 4 aromatic carbocycles.